The van der Waals surface area contributed by atoms with E-state index in [1.165, 1.54) is 0 Å². The number of likely N-dealkylation sites (tertiary alicyclic amines) is 1. The minimum atomic E-state index is -0.717. The number of carbonyl (C=O) groups is 2. The van der Waals surface area contributed by atoms with Crippen LogP contribution in [-0.2, 0) is 9.59 Å². The predicted octanol–water partition coefficient (Wildman–Crippen LogP) is 4.04. The molecule has 2 fully saturated rings. The molecule has 1 amide bonds. The van der Waals surface area contributed by atoms with E-state index in [9.17, 15) is 9.59 Å². The summed E-state index contributed by atoms with van der Waals surface area (Å²) in [6.07, 6.45) is 6.10. The lowest BCUT2D eigenvalue weighted by Gasteiger charge is -2.55. The van der Waals surface area contributed by atoms with Gasteiger partial charge in [0.05, 0.1) is 7.11 Å². The highest BCUT2D eigenvalue weighted by Crippen LogP contribution is 2.59. The second-order valence-electron chi connectivity index (χ2n) is 8.39. The Bertz CT molecular complexity index is 1030. The molecule has 1 saturated heterocycles. The highest BCUT2D eigenvalue weighted by Gasteiger charge is 2.64. The number of rotatable bonds is 4. The molecule has 0 radical (unpaired) electrons. The Labute approximate surface area is 176 Å². The molecule has 4 atom stereocenters. The van der Waals surface area contributed by atoms with Gasteiger partial charge in [0.1, 0.15) is 17.4 Å². The van der Waals surface area contributed by atoms with Crippen molar-refractivity contribution in [2.24, 2.45) is 11.8 Å². The maximum atomic E-state index is 13.4. The van der Waals surface area contributed by atoms with Crippen molar-refractivity contribution in [1.82, 2.24) is 4.90 Å². The van der Waals surface area contributed by atoms with Gasteiger partial charge in [0.25, 0.3) is 0 Å². The highest BCUT2D eigenvalue weighted by molar-refractivity contribution is 6.10. The van der Waals surface area contributed by atoms with Crippen LogP contribution in [-0.4, -0.2) is 36.5 Å². The number of ketones is 1. The van der Waals surface area contributed by atoms with Crippen molar-refractivity contribution in [2.75, 3.05) is 14.2 Å². The van der Waals surface area contributed by atoms with Gasteiger partial charge in [-0.2, -0.15) is 0 Å². The van der Waals surface area contributed by atoms with Gasteiger partial charge in [-0.25, -0.2) is 0 Å². The number of methoxy groups -OCH3 is 1. The fraction of sp³-hybridized carbons (Fsp3) is 0.360. The SMILES string of the molecule is COc1ccc(C=CC(=O)C2C(=O)N(C)C34CCCC3C2c2ccccc2O4)cc1. The largest absolute Gasteiger partial charge is 0.497 e. The first-order valence-electron chi connectivity index (χ1n) is 10.5. The Balaban J connectivity index is 1.52. The molecule has 5 heteroatoms. The third kappa shape index (κ3) is 2.68. The monoisotopic (exact) mass is 403 g/mol. The molecule has 5 rings (SSSR count). The number of hydrogen-bond acceptors (Lipinski definition) is 4. The number of ether oxygens (including phenoxy) is 2. The number of allylic oxidation sites excluding steroid dienone is 1. The lowest BCUT2D eigenvalue weighted by atomic mass is 9.66. The standard InChI is InChI=1S/C25H25NO4/c1-26-24(28)23(20(27)14-11-16-9-12-17(29-2)13-10-16)22-18-6-3-4-8-21(18)30-25(26)15-5-7-19(22)25/h3-4,6,8-14,19,22-23H,5,7,15H2,1-2H3. The summed E-state index contributed by atoms with van der Waals surface area (Å²) in [7, 11) is 3.41. The summed E-state index contributed by atoms with van der Waals surface area (Å²) in [5.74, 6) is 0.552. The van der Waals surface area contributed by atoms with Crippen molar-refractivity contribution < 1.29 is 19.1 Å². The smallest absolute Gasteiger partial charge is 0.236 e. The van der Waals surface area contributed by atoms with E-state index in [4.69, 9.17) is 9.47 Å². The van der Waals surface area contributed by atoms with E-state index in [0.29, 0.717) is 0 Å². The number of amides is 1. The molecule has 3 aliphatic rings. The zero-order chi connectivity index (χ0) is 20.9. The molecule has 154 valence electrons. The van der Waals surface area contributed by atoms with Crippen molar-refractivity contribution in [3.05, 3.63) is 65.7 Å². The van der Waals surface area contributed by atoms with Gasteiger partial charge in [0.2, 0.25) is 5.91 Å². The van der Waals surface area contributed by atoms with E-state index in [1.54, 1.807) is 31.2 Å². The number of para-hydroxylation sites is 1. The van der Waals surface area contributed by atoms with Gasteiger partial charge in [0, 0.05) is 25.3 Å². The lowest BCUT2D eigenvalue weighted by Crippen LogP contribution is -2.66. The molecule has 1 aliphatic carbocycles. The fourth-order valence-electron chi connectivity index (χ4n) is 5.57. The fourth-order valence-corrected chi connectivity index (χ4v) is 5.57. The predicted molar refractivity (Wildman–Crippen MR) is 113 cm³/mol. The molecule has 0 N–H and O–H groups in total. The van der Waals surface area contributed by atoms with Crippen LogP contribution in [0.1, 0.15) is 36.3 Å². The number of fused-ring (bicyclic) bond motifs is 2. The second kappa shape index (κ2) is 7.01. The number of hydrogen-bond donors (Lipinski definition) is 0. The van der Waals surface area contributed by atoms with Crippen LogP contribution < -0.4 is 9.47 Å². The number of nitrogens with zero attached hydrogens (tertiary/aromatic N) is 1. The van der Waals surface area contributed by atoms with Crippen LogP contribution >= 0.6 is 0 Å². The van der Waals surface area contributed by atoms with E-state index >= 15 is 0 Å². The molecule has 2 bridgehead atoms. The van der Waals surface area contributed by atoms with E-state index in [1.807, 2.05) is 48.5 Å². The van der Waals surface area contributed by atoms with Gasteiger partial charge >= 0.3 is 0 Å². The maximum absolute atomic E-state index is 13.4. The molecule has 2 aromatic carbocycles. The maximum Gasteiger partial charge on any atom is 0.236 e. The Morgan fingerprint density at radius 1 is 1.20 bits per heavy atom. The van der Waals surface area contributed by atoms with E-state index in [2.05, 4.69) is 0 Å². The number of carbonyl (C=O) groups excluding carboxylic acids is 2. The summed E-state index contributed by atoms with van der Waals surface area (Å²) in [5, 5.41) is 0. The lowest BCUT2D eigenvalue weighted by molar-refractivity contribution is -0.184. The zero-order valence-electron chi connectivity index (χ0n) is 17.2. The van der Waals surface area contributed by atoms with Gasteiger partial charge in [-0.15, -0.1) is 0 Å². The van der Waals surface area contributed by atoms with Crippen LogP contribution in [0.4, 0.5) is 0 Å². The first-order valence-corrected chi connectivity index (χ1v) is 10.5. The van der Waals surface area contributed by atoms with E-state index in [-0.39, 0.29) is 23.5 Å². The second-order valence-corrected chi connectivity index (χ2v) is 8.39. The van der Waals surface area contributed by atoms with Crippen LogP contribution in [0, 0.1) is 11.8 Å². The molecule has 2 heterocycles. The average Bonchev–Trinajstić information content (AvgIpc) is 3.22. The molecule has 0 aromatic heterocycles. The minimum absolute atomic E-state index is 0.137. The Morgan fingerprint density at radius 2 is 1.97 bits per heavy atom. The van der Waals surface area contributed by atoms with Crippen LogP contribution in [0.25, 0.3) is 6.08 Å². The molecule has 2 aromatic rings. The molecule has 1 saturated carbocycles. The third-order valence-electron chi connectivity index (χ3n) is 7.01. The molecule has 30 heavy (non-hydrogen) atoms. The molecule has 2 aliphatic heterocycles. The molecular formula is C25H25NO4. The molecular weight excluding hydrogens is 378 g/mol. The van der Waals surface area contributed by atoms with Gasteiger partial charge in [0.15, 0.2) is 11.5 Å². The van der Waals surface area contributed by atoms with Crippen LogP contribution in [0.15, 0.2) is 54.6 Å². The van der Waals surface area contributed by atoms with Gasteiger partial charge in [-0.1, -0.05) is 36.4 Å². The Kier molecular flexibility index (Phi) is 4.42. The van der Waals surface area contributed by atoms with Crippen molar-refractivity contribution >= 4 is 17.8 Å². The summed E-state index contributed by atoms with van der Waals surface area (Å²) in [5.41, 5.74) is 1.26. The first-order chi connectivity index (χ1) is 14.5. The average molecular weight is 403 g/mol. The van der Waals surface area contributed by atoms with Gasteiger partial charge in [-0.3, -0.25) is 9.59 Å². The van der Waals surface area contributed by atoms with E-state index in [0.717, 1.165) is 41.9 Å². The third-order valence-corrected chi connectivity index (χ3v) is 7.01. The summed E-state index contributed by atoms with van der Waals surface area (Å²) < 4.78 is 11.6. The van der Waals surface area contributed by atoms with Gasteiger partial charge < -0.3 is 14.4 Å². The molecule has 0 spiro atoms. The van der Waals surface area contributed by atoms with Crippen LogP contribution in [0.5, 0.6) is 11.5 Å². The Hall–Kier alpha value is -3.08. The topological polar surface area (TPSA) is 55.8 Å². The number of benzene rings is 2. The normalized spacial score (nSPS) is 29.3. The van der Waals surface area contributed by atoms with Crippen molar-refractivity contribution in [3.8, 4) is 11.5 Å². The zero-order valence-corrected chi connectivity index (χ0v) is 17.2. The van der Waals surface area contributed by atoms with Crippen LogP contribution in [0.2, 0.25) is 0 Å². The Morgan fingerprint density at radius 3 is 2.73 bits per heavy atom. The molecule has 5 nitrogen and oxygen atoms in total. The van der Waals surface area contributed by atoms with Crippen molar-refractivity contribution in [1.29, 1.82) is 0 Å². The summed E-state index contributed by atoms with van der Waals surface area (Å²) in [4.78, 5) is 28.5. The summed E-state index contributed by atoms with van der Waals surface area (Å²) in [6, 6.07) is 15.4. The van der Waals surface area contributed by atoms with E-state index < -0.39 is 11.6 Å². The number of piperidine rings is 1. The quantitative estimate of drug-likeness (QED) is 0.571. The highest BCUT2D eigenvalue weighted by atomic mass is 16.5. The first kappa shape index (κ1) is 18.9. The van der Waals surface area contributed by atoms with Crippen molar-refractivity contribution in [2.45, 2.75) is 30.9 Å². The summed E-state index contributed by atoms with van der Waals surface area (Å²) >= 11 is 0. The van der Waals surface area contributed by atoms with Crippen LogP contribution in [0.3, 0.4) is 0 Å². The van der Waals surface area contributed by atoms with Crippen molar-refractivity contribution in [3.63, 3.8) is 0 Å². The minimum Gasteiger partial charge on any atom is -0.497 e. The summed E-state index contributed by atoms with van der Waals surface area (Å²) in [6.45, 7) is 0. The van der Waals surface area contributed by atoms with Gasteiger partial charge in [-0.05, 0) is 48.2 Å². The molecule has 4 unspecified atom stereocenters.